The molecule has 2 rings (SSSR count). The van der Waals surface area contributed by atoms with Crippen molar-refractivity contribution in [3.05, 3.63) is 30.3 Å². The van der Waals surface area contributed by atoms with E-state index in [1.54, 1.807) is 0 Å². The van der Waals surface area contributed by atoms with Crippen LogP contribution in [0.3, 0.4) is 0 Å². The summed E-state index contributed by atoms with van der Waals surface area (Å²) in [7, 11) is 0. The molecular formula is C13H19NOS. The van der Waals surface area contributed by atoms with Crippen LogP contribution in [0.1, 0.15) is 6.42 Å². The summed E-state index contributed by atoms with van der Waals surface area (Å²) >= 11 is 2.05. The Bertz CT molecular complexity index is 287. The molecule has 0 unspecified atom stereocenters. The summed E-state index contributed by atoms with van der Waals surface area (Å²) in [5, 5.41) is 3.30. The SMILES string of the molecule is c1ccc(OCCCSCC2CNC2)cc1. The van der Waals surface area contributed by atoms with Gasteiger partial charge in [0.1, 0.15) is 5.75 Å². The third-order valence-electron chi connectivity index (χ3n) is 2.66. The molecule has 1 fully saturated rings. The van der Waals surface area contributed by atoms with Gasteiger partial charge in [0.15, 0.2) is 0 Å². The van der Waals surface area contributed by atoms with E-state index >= 15 is 0 Å². The molecule has 0 atom stereocenters. The largest absolute Gasteiger partial charge is 0.494 e. The first-order valence-electron chi connectivity index (χ1n) is 5.91. The van der Waals surface area contributed by atoms with Crippen LogP contribution in [0.4, 0.5) is 0 Å². The third kappa shape index (κ3) is 4.06. The van der Waals surface area contributed by atoms with E-state index in [-0.39, 0.29) is 0 Å². The molecule has 1 N–H and O–H groups in total. The highest BCUT2D eigenvalue weighted by molar-refractivity contribution is 7.99. The topological polar surface area (TPSA) is 21.3 Å². The number of para-hydroxylation sites is 1. The Balaban J connectivity index is 1.45. The fourth-order valence-corrected chi connectivity index (χ4v) is 2.64. The second-order valence-electron chi connectivity index (χ2n) is 4.11. The van der Waals surface area contributed by atoms with Crippen LogP contribution in [0.15, 0.2) is 30.3 Å². The van der Waals surface area contributed by atoms with Crippen molar-refractivity contribution in [3.8, 4) is 5.75 Å². The number of benzene rings is 1. The van der Waals surface area contributed by atoms with Crippen LogP contribution in [0.2, 0.25) is 0 Å². The number of rotatable bonds is 7. The van der Waals surface area contributed by atoms with Crippen LogP contribution in [0.5, 0.6) is 5.75 Å². The second kappa shape index (κ2) is 6.81. The molecule has 88 valence electrons. The number of thioether (sulfide) groups is 1. The number of hydrogen-bond acceptors (Lipinski definition) is 3. The van der Waals surface area contributed by atoms with Gasteiger partial charge < -0.3 is 10.1 Å². The molecule has 1 aromatic carbocycles. The lowest BCUT2D eigenvalue weighted by Crippen LogP contribution is -2.43. The molecule has 2 nitrogen and oxygen atoms in total. The normalized spacial score (nSPS) is 15.8. The van der Waals surface area contributed by atoms with Crippen LogP contribution >= 0.6 is 11.8 Å². The molecule has 1 aliphatic heterocycles. The highest BCUT2D eigenvalue weighted by Crippen LogP contribution is 2.14. The maximum atomic E-state index is 5.63. The van der Waals surface area contributed by atoms with E-state index in [9.17, 15) is 0 Å². The molecule has 3 heteroatoms. The maximum Gasteiger partial charge on any atom is 0.119 e. The van der Waals surface area contributed by atoms with E-state index in [1.165, 1.54) is 24.6 Å². The Kier molecular flexibility index (Phi) is 5.03. The summed E-state index contributed by atoms with van der Waals surface area (Å²) in [5.41, 5.74) is 0. The summed E-state index contributed by atoms with van der Waals surface area (Å²) in [6.45, 7) is 3.26. The number of hydrogen-bond donors (Lipinski definition) is 1. The van der Waals surface area contributed by atoms with Crippen LogP contribution < -0.4 is 10.1 Å². The lowest BCUT2D eigenvalue weighted by Gasteiger charge is -2.26. The molecule has 1 aromatic rings. The molecule has 0 radical (unpaired) electrons. The number of ether oxygens (including phenoxy) is 1. The van der Waals surface area contributed by atoms with Gasteiger partial charge in [-0.15, -0.1) is 0 Å². The minimum absolute atomic E-state index is 0.833. The molecule has 1 saturated heterocycles. The van der Waals surface area contributed by atoms with Gasteiger partial charge in [0.25, 0.3) is 0 Å². The summed E-state index contributed by atoms with van der Waals surface area (Å²) < 4.78 is 5.63. The van der Waals surface area contributed by atoms with E-state index < -0.39 is 0 Å². The summed E-state index contributed by atoms with van der Waals surface area (Å²) in [4.78, 5) is 0. The van der Waals surface area contributed by atoms with Gasteiger partial charge >= 0.3 is 0 Å². The Labute approximate surface area is 102 Å². The summed E-state index contributed by atoms with van der Waals surface area (Å²) in [6.07, 6.45) is 1.14. The van der Waals surface area contributed by atoms with Crippen molar-refractivity contribution in [2.75, 3.05) is 31.2 Å². The predicted molar refractivity (Wildman–Crippen MR) is 70.2 cm³/mol. The molecule has 0 amide bonds. The zero-order valence-corrected chi connectivity index (χ0v) is 10.3. The Hall–Kier alpha value is -0.670. The molecule has 0 aromatic heterocycles. The van der Waals surface area contributed by atoms with Crippen molar-refractivity contribution < 1.29 is 4.74 Å². The van der Waals surface area contributed by atoms with Crippen molar-refractivity contribution in [2.24, 2.45) is 5.92 Å². The van der Waals surface area contributed by atoms with Crippen LogP contribution in [0.25, 0.3) is 0 Å². The first-order valence-corrected chi connectivity index (χ1v) is 7.07. The third-order valence-corrected chi connectivity index (χ3v) is 3.95. The van der Waals surface area contributed by atoms with Crippen molar-refractivity contribution in [1.82, 2.24) is 5.32 Å². The molecule has 1 aliphatic rings. The van der Waals surface area contributed by atoms with E-state index in [0.29, 0.717) is 0 Å². The Morgan fingerprint density at radius 3 is 2.75 bits per heavy atom. The van der Waals surface area contributed by atoms with Crippen molar-refractivity contribution in [3.63, 3.8) is 0 Å². The monoisotopic (exact) mass is 237 g/mol. The molecule has 0 spiro atoms. The minimum atomic E-state index is 0.833. The van der Waals surface area contributed by atoms with Crippen LogP contribution in [-0.2, 0) is 0 Å². The fourth-order valence-electron chi connectivity index (χ4n) is 1.58. The zero-order valence-electron chi connectivity index (χ0n) is 9.52. The molecular weight excluding hydrogens is 218 g/mol. The molecule has 0 bridgehead atoms. The molecule has 0 aliphatic carbocycles. The Morgan fingerprint density at radius 1 is 1.25 bits per heavy atom. The van der Waals surface area contributed by atoms with Gasteiger partial charge in [-0.3, -0.25) is 0 Å². The van der Waals surface area contributed by atoms with Crippen molar-refractivity contribution in [1.29, 1.82) is 0 Å². The first-order chi connectivity index (χ1) is 7.95. The fraction of sp³-hybridized carbons (Fsp3) is 0.538. The first kappa shape index (κ1) is 11.8. The Morgan fingerprint density at radius 2 is 2.06 bits per heavy atom. The standard InChI is InChI=1S/C13H19NOS/c1-2-5-13(6-3-1)15-7-4-8-16-11-12-9-14-10-12/h1-3,5-6,12,14H,4,7-11H2. The average Bonchev–Trinajstić information content (AvgIpc) is 2.27. The zero-order chi connectivity index (χ0) is 11.1. The average molecular weight is 237 g/mol. The predicted octanol–water partition coefficient (Wildman–Crippen LogP) is 2.41. The van der Waals surface area contributed by atoms with E-state index in [1.807, 2.05) is 30.3 Å². The highest BCUT2D eigenvalue weighted by atomic mass is 32.2. The molecule has 0 saturated carbocycles. The van der Waals surface area contributed by atoms with Crippen molar-refractivity contribution in [2.45, 2.75) is 6.42 Å². The summed E-state index contributed by atoms with van der Waals surface area (Å²) in [5.74, 6) is 4.41. The van der Waals surface area contributed by atoms with Crippen molar-refractivity contribution >= 4 is 11.8 Å². The number of nitrogens with one attached hydrogen (secondary N) is 1. The van der Waals surface area contributed by atoms with E-state index in [0.717, 1.165) is 24.7 Å². The van der Waals surface area contributed by atoms with Gasteiger partial charge in [-0.05, 0) is 49.1 Å². The van der Waals surface area contributed by atoms with Crippen LogP contribution in [0, 0.1) is 5.92 Å². The van der Waals surface area contributed by atoms with Gasteiger partial charge in [-0.1, -0.05) is 18.2 Å². The maximum absolute atomic E-state index is 5.63. The molecule has 16 heavy (non-hydrogen) atoms. The van der Waals surface area contributed by atoms with Gasteiger partial charge in [-0.25, -0.2) is 0 Å². The van der Waals surface area contributed by atoms with Gasteiger partial charge in [0.05, 0.1) is 6.61 Å². The second-order valence-corrected chi connectivity index (χ2v) is 5.26. The van der Waals surface area contributed by atoms with E-state index in [2.05, 4.69) is 17.1 Å². The summed E-state index contributed by atoms with van der Waals surface area (Å²) in [6, 6.07) is 10.0. The van der Waals surface area contributed by atoms with Gasteiger partial charge in [0.2, 0.25) is 0 Å². The highest BCUT2D eigenvalue weighted by Gasteiger charge is 2.15. The van der Waals surface area contributed by atoms with Crippen LogP contribution in [-0.4, -0.2) is 31.2 Å². The lowest BCUT2D eigenvalue weighted by atomic mass is 10.1. The lowest BCUT2D eigenvalue weighted by molar-refractivity contribution is 0.318. The van der Waals surface area contributed by atoms with Gasteiger partial charge in [-0.2, -0.15) is 11.8 Å². The minimum Gasteiger partial charge on any atom is -0.494 e. The molecule has 1 heterocycles. The van der Waals surface area contributed by atoms with E-state index in [4.69, 9.17) is 4.74 Å². The van der Waals surface area contributed by atoms with Gasteiger partial charge in [0, 0.05) is 0 Å². The smallest absolute Gasteiger partial charge is 0.119 e. The quantitative estimate of drug-likeness (QED) is 0.736.